The second-order valence-corrected chi connectivity index (χ2v) is 4.30. The Morgan fingerprint density at radius 3 is 2.53 bits per heavy atom. The number of hydrogen-bond donors (Lipinski definition) is 0. The van der Waals surface area contributed by atoms with Crippen molar-refractivity contribution >= 4 is 0 Å². The molecule has 1 aromatic carbocycles. The maximum Gasteiger partial charge on any atom is 0.185 e. The van der Waals surface area contributed by atoms with Crippen molar-refractivity contribution in [2.75, 3.05) is 0 Å². The van der Waals surface area contributed by atoms with Crippen molar-refractivity contribution in [3.63, 3.8) is 0 Å². The van der Waals surface area contributed by atoms with Gasteiger partial charge in [0, 0.05) is 0 Å². The first-order valence-corrected chi connectivity index (χ1v) is 5.99. The highest BCUT2D eigenvalue weighted by atomic mass is 15.4. The van der Waals surface area contributed by atoms with Crippen LogP contribution in [0.3, 0.4) is 0 Å². The van der Waals surface area contributed by atoms with Crippen LogP contribution in [0, 0.1) is 29.6 Å². The number of nitriles is 2. The fourth-order valence-corrected chi connectivity index (χ4v) is 1.88. The average Bonchev–Trinajstić information content (AvgIpc) is 2.81. The highest BCUT2D eigenvalue weighted by Crippen LogP contribution is 2.11. The van der Waals surface area contributed by atoms with Crippen LogP contribution < -0.4 is 0 Å². The highest BCUT2D eigenvalue weighted by molar-refractivity contribution is 5.27. The Hall–Kier alpha value is -2.66. The molecule has 0 saturated carbocycles. The van der Waals surface area contributed by atoms with E-state index in [2.05, 4.69) is 34.6 Å². The molecule has 5 heteroatoms. The van der Waals surface area contributed by atoms with E-state index in [1.54, 1.807) is 0 Å². The Balaban J connectivity index is 2.15. The standard InChI is InChI=1S/C14H13N5/c1-11-2-4-12(5-3-11)6-7-14-13(10-16)17-18-19(14)9-8-15/h2-5H,6-7,9H2,1H3. The Morgan fingerprint density at radius 2 is 1.89 bits per heavy atom. The topological polar surface area (TPSA) is 78.3 Å². The Kier molecular flexibility index (Phi) is 3.90. The maximum absolute atomic E-state index is 8.98. The quantitative estimate of drug-likeness (QED) is 0.829. The van der Waals surface area contributed by atoms with Gasteiger partial charge in [-0.1, -0.05) is 35.0 Å². The fourth-order valence-electron chi connectivity index (χ4n) is 1.88. The molecule has 0 aliphatic carbocycles. The highest BCUT2D eigenvalue weighted by Gasteiger charge is 2.12. The van der Waals surface area contributed by atoms with Crippen LogP contribution in [-0.4, -0.2) is 15.0 Å². The Bertz CT molecular complexity index is 640. The maximum atomic E-state index is 8.98. The molecule has 94 valence electrons. The zero-order valence-electron chi connectivity index (χ0n) is 10.7. The van der Waals surface area contributed by atoms with Gasteiger partial charge in [-0.25, -0.2) is 4.68 Å². The van der Waals surface area contributed by atoms with Crippen molar-refractivity contribution in [1.82, 2.24) is 15.0 Å². The fraction of sp³-hybridized carbons (Fsp3) is 0.286. The van der Waals surface area contributed by atoms with E-state index < -0.39 is 0 Å². The molecule has 2 aromatic rings. The van der Waals surface area contributed by atoms with Crippen LogP contribution in [0.25, 0.3) is 0 Å². The van der Waals surface area contributed by atoms with Crippen LogP contribution in [-0.2, 0) is 19.4 Å². The molecule has 0 aliphatic rings. The molecule has 0 aliphatic heterocycles. The van der Waals surface area contributed by atoms with Crippen molar-refractivity contribution in [3.05, 3.63) is 46.8 Å². The van der Waals surface area contributed by atoms with Crippen LogP contribution in [0.2, 0.25) is 0 Å². The molecule has 0 radical (unpaired) electrons. The number of aryl methyl sites for hydroxylation is 2. The zero-order chi connectivity index (χ0) is 13.7. The predicted molar refractivity (Wildman–Crippen MR) is 68.9 cm³/mol. The second-order valence-electron chi connectivity index (χ2n) is 4.30. The first-order chi connectivity index (χ1) is 9.24. The molecule has 0 atom stereocenters. The molecule has 0 N–H and O–H groups in total. The minimum Gasteiger partial charge on any atom is -0.234 e. The summed E-state index contributed by atoms with van der Waals surface area (Å²) >= 11 is 0. The molecule has 1 aromatic heterocycles. The summed E-state index contributed by atoms with van der Waals surface area (Å²) in [5.41, 5.74) is 3.45. The third kappa shape index (κ3) is 2.97. The van der Waals surface area contributed by atoms with Gasteiger partial charge in [-0.2, -0.15) is 10.5 Å². The van der Waals surface area contributed by atoms with Crippen LogP contribution in [0.1, 0.15) is 22.5 Å². The van der Waals surface area contributed by atoms with E-state index in [1.165, 1.54) is 15.8 Å². The molecular formula is C14H13N5. The van der Waals surface area contributed by atoms with Crippen molar-refractivity contribution in [1.29, 1.82) is 10.5 Å². The second kappa shape index (κ2) is 5.79. The van der Waals surface area contributed by atoms with E-state index in [9.17, 15) is 0 Å². The van der Waals surface area contributed by atoms with Crippen molar-refractivity contribution in [3.8, 4) is 12.1 Å². The minimum atomic E-state index is 0.123. The summed E-state index contributed by atoms with van der Waals surface area (Å²) in [6, 6.07) is 12.3. The smallest absolute Gasteiger partial charge is 0.185 e. The number of nitrogens with zero attached hydrogens (tertiary/aromatic N) is 5. The van der Waals surface area contributed by atoms with E-state index in [0.717, 1.165) is 12.1 Å². The summed E-state index contributed by atoms with van der Waals surface area (Å²) in [4.78, 5) is 0. The summed E-state index contributed by atoms with van der Waals surface area (Å²) in [5, 5.41) is 25.3. The molecule has 1 heterocycles. The van der Waals surface area contributed by atoms with E-state index in [0.29, 0.717) is 12.1 Å². The summed E-state index contributed by atoms with van der Waals surface area (Å²) in [6.45, 7) is 2.17. The van der Waals surface area contributed by atoms with Crippen molar-refractivity contribution in [2.45, 2.75) is 26.3 Å². The largest absolute Gasteiger partial charge is 0.234 e. The van der Waals surface area contributed by atoms with Crippen LogP contribution >= 0.6 is 0 Å². The average molecular weight is 251 g/mol. The molecule has 0 fully saturated rings. The summed E-state index contributed by atoms with van der Waals surface area (Å²) in [7, 11) is 0. The van der Waals surface area contributed by atoms with Gasteiger partial charge in [-0.3, -0.25) is 0 Å². The third-order valence-corrected chi connectivity index (χ3v) is 2.94. The monoisotopic (exact) mass is 251 g/mol. The summed E-state index contributed by atoms with van der Waals surface area (Å²) in [5.74, 6) is 0. The first-order valence-electron chi connectivity index (χ1n) is 5.99. The van der Waals surface area contributed by atoms with Gasteiger partial charge in [-0.05, 0) is 25.3 Å². The minimum absolute atomic E-state index is 0.123. The van der Waals surface area contributed by atoms with Gasteiger partial charge in [0.15, 0.2) is 5.69 Å². The van der Waals surface area contributed by atoms with Gasteiger partial charge in [0.1, 0.15) is 12.6 Å². The Labute approximate surface area is 111 Å². The lowest BCUT2D eigenvalue weighted by Crippen LogP contribution is -2.06. The normalized spacial score (nSPS) is 9.84. The molecule has 0 amide bonds. The summed E-state index contributed by atoms with van der Waals surface area (Å²) in [6.07, 6.45) is 1.45. The van der Waals surface area contributed by atoms with E-state index in [-0.39, 0.29) is 6.54 Å². The van der Waals surface area contributed by atoms with Crippen molar-refractivity contribution in [2.24, 2.45) is 0 Å². The molecule has 0 unspecified atom stereocenters. The molecule has 0 spiro atoms. The van der Waals surface area contributed by atoms with Crippen LogP contribution in [0.15, 0.2) is 24.3 Å². The number of benzene rings is 1. The Morgan fingerprint density at radius 1 is 1.16 bits per heavy atom. The molecule has 2 rings (SSSR count). The van der Waals surface area contributed by atoms with Gasteiger partial charge in [0.25, 0.3) is 0 Å². The van der Waals surface area contributed by atoms with Crippen LogP contribution in [0.5, 0.6) is 0 Å². The zero-order valence-corrected chi connectivity index (χ0v) is 10.7. The van der Waals surface area contributed by atoms with Gasteiger partial charge < -0.3 is 0 Å². The molecular weight excluding hydrogens is 238 g/mol. The SMILES string of the molecule is Cc1ccc(CCc2c(C#N)nnn2CC#N)cc1. The van der Waals surface area contributed by atoms with Crippen LogP contribution in [0.4, 0.5) is 0 Å². The van der Waals surface area contributed by atoms with E-state index >= 15 is 0 Å². The lowest BCUT2D eigenvalue weighted by molar-refractivity contribution is 0.632. The predicted octanol–water partition coefficient (Wildman–Crippen LogP) is 1.77. The number of aromatic nitrogens is 3. The lowest BCUT2D eigenvalue weighted by atomic mass is 10.1. The van der Waals surface area contributed by atoms with Gasteiger partial charge in [0.2, 0.25) is 0 Å². The number of rotatable bonds is 4. The lowest BCUT2D eigenvalue weighted by Gasteiger charge is -2.04. The molecule has 19 heavy (non-hydrogen) atoms. The summed E-state index contributed by atoms with van der Waals surface area (Å²) < 4.78 is 1.49. The molecule has 0 bridgehead atoms. The molecule has 5 nitrogen and oxygen atoms in total. The van der Waals surface area contributed by atoms with Gasteiger partial charge in [0.05, 0.1) is 11.8 Å². The van der Waals surface area contributed by atoms with E-state index in [1.807, 2.05) is 19.1 Å². The van der Waals surface area contributed by atoms with E-state index in [4.69, 9.17) is 10.5 Å². The first kappa shape index (κ1) is 12.8. The van der Waals surface area contributed by atoms with Gasteiger partial charge >= 0.3 is 0 Å². The van der Waals surface area contributed by atoms with Crippen molar-refractivity contribution < 1.29 is 0 Å². The molecule has 0 saturated heterocycles. The van der Waals surface area contributed by atoms with Gasteiger partial charge in [-0.15, -0.1) is 5.10 Å². The third-order valence-electron chi connectivity index (χ3n) is 2.94. The number of hydrogen-bond acceptors (Lipinski definition) is 4.